The second-order valence-electron chi connectivity index (χ2n) is 6.12. The summed E-state index contributed by atoms with van der Waals surface area (Å²) in [5.74, 6) is -0.412. The van der Waals surface area contributed by atoms with Crippen molar-refractivity contribution >= 4 is 29.2 Å². The van der Waals surface area contributed by atoms with Gasteiger partial charge in [0.25, 0.3) is 0 Å². The van der Waals surface area contributed by atoms with Crippen molar-refractivity contribution in [2.75, 3.05) is 13.7 Å². The molecule has 0 aromatic carbocycles. The van der Waals surface area contributed by atoms with Gasteiger partial charge in [-0.3, -0.25) is 4.98 Å². The third-order valence-corrected chi connectivity index (χ3v) is 4.51. The smallest absolute Gasteiger partial charge is 0.330 e. The molecule has 3 rings (SSSR count). The predicted molar refractivity (Wildman–Crippen MR) is 109 cm³/mol. The molecule has 0 aliphatic carbocycles. The fraction of sp³-hybridized carbons (Fsp3) is 0.286. The molecule has 0 saturated heterocycles. The highest BCUT2D eigenvalue weighted by atomic mass is 35.5. The topological polar surface area (TPSA) is 65.7 Å². The lowest BCUT2D eigenvalue weighted by Crippen LogP contribution is -2.08. The SMILES string of the molecule is CCOC(=O)/C=C/c1c(COC)nn2c(CC)ccc2c1-c1cncc(Cl)c1. The van der Waals surface area contributed by atoms with Crippen molar-refractivity contribution in [2.24, 2.45) is 0 Å². The van der Waals surface area contributed by atoms with Crippen molar-refractivity contribution in [3.8, 4) is 11.1 Å². The second kappa shape index (κ2) is 8.99. The Labute approximate surface area is 168 Å². The molecule has 7 heteroatoms. The molecule has 3 aromatic rings. The van der Waals surface area contributed by atoms with Crippen LogP contribution in [-0.2, 0) is 27.3 Å². The number of esters is 1. The van der Waals surface area contributed by atoms with E-state index >= 15 is 0 Å². The highest BCUT2D eigenvalue weighted by Gasteiger charge is 2.18. The number of aromatic nitrogens is 3. The molecule has 0 spiro atoms. The minimum atomic E-state index is -0.412. The number of rotatable bonds is 7. The second-order valence-corrected chi connectivity index (χ2v) is 6.56. The summed E-state index contributed by atoms with van der Waals surface area (Å²) in [7, 11) is 1.61. The van der Waals surface area contributed by atoms with Gasteiger partial charge in [-0.2, -0.15) is 5.10 Å². The monoisotopic (exact) mass is 399 g/mol. The average Bonchev–Trinajstić information content (AvgIpc) is 3.08. The lowest BCUT2D eigenvalue weighted by molar-refractivity contribution is -0.137. The van der Waals surface area contributed by atoms with Crippen molar-refractivity contribution < 1.29 is 14.3 Å². The molecule has 0 amide bonds. The summed E-state index contributed by atoms with van der Waals surface area (Å²) in [6.07, 6.45) is 7.29. The number of methoxy groups -OCH3 is 1. The molecule has 0 fully saturated rings. The zero-order chi connectivity index (χ0) is 20.1. The van der Waals surface area contributed by atoms with Crippen LogP contribution in [0.3, 0.4) is 0 Å². The van der Waals surface area contributed by atoms with Gasteiger partial charge in [0.15, 0.2) is 0 Å². The number of aryl methyl sites for hydroxylation is 1. The predicted octanol–water partition coefficient (Wildman–Crippen LogP) is 4.33. The number of halogens is 1. The molecule has 0 bridgehead atoms. The summed E-state index contributed by atoms with van der Waals surface area (Å²) in [5, 5.41) is 5.29. The van der Waals surface area contributed by atoms with Crippen LogP contribution in [0.4, 0.5) is 0 Å². The summed E-state index contributed by atoms with van der Waals surface area (Å²) in [6, 6.07) is 5.90. The Morgan fingerprint density at radius 2 is 2.11 bits per heavy atom. The third kappa shape index (κ3) is 4.08. The van der Waals surface area contributed by atoms with Crippen LogP contribution in [-0.4, -0.2) is 34.3 Å². The Morgan fingerprint density at radius 1 is 1.29 bits per heavy atom. The Balaban J connectivity index is 2.32. The van der Waals surface area contributed by atoms with Crippen LogP contribution in [0.25, 0.3) is 22.7 Å². The maximum atomic E-state index is 11.9. The summed E-state index contributed by atoms with van der Waals surface area (Å²) < 4.78 is 12.3. The summed E-state index contributed by atoms with van der Waals surface area (Å²) in [6.45, 7) is 4.45. The van der Waals surface area contributed by atoms with Crippen LogP contribution >= 0.6 is 11.6 Å². The highest BCUT2D eigenvalue weighted by molar-refractivity contribution is 6.30. The van der Waals surface area contributed by atoms with Crippen molar-refractivity contribution in [2.45, 2.75) is 26.9 Å². The molecule has 0 unspecified atom stereocenters. The van der Waals surface area contributed by atoms with Gasteiger partial charge in [0.1, 0.15) is 0 Å². The summed E-state index contributed by atoms with van der Waals surface area (Å²) in [5.41, 5.74) is 5.18. The Morgan fingerprint density at radius 3 is 2.79 bits per heavy atom. The van der Waals surface area contributed by atoms with E-state index in [0.29, 0.717) is 23.9 Å². The minimum absolute atomic E-state index is 0.292. The number of pyridine rings is 1. The highest BCUT2D eigenvalue weighted by Crippen LogP contribution is 2.33. The number of hydrogen-bond donors (Lipinski definition) is 0. The first-order valence-corrected chi connectivity index (χ1v) is 9.45. The molecule has 28 heavy (non-hydrogen) atoms. The van der Waals surface area contributed by atoms with Gasteiger partial charge in [-0.1, -0.05) is 18.5 Å². The number of nitrogens with zero attached hydrogens (tertiary/aromatic N) is 3. The van der Waals surface area contributed by atoms with Crippen LogP contribution in [0.15, 0.2) is 36.7 Å². The molecular weight excluding hydrogens is 378 g/mol. The van der Waals surface area contributed by atoms with E-state index in [1.807, 2.05) is 22.7 Å². The zero-order valence-corrected chi connectivity index (χ0v) is 16.9. The van der Waals surface area contributed by atoms with E-state index in [0.717, 1.165) is 34.3 Å². The maximum absolute atomic E-state index is 11.9. The van der Waals surface area contributed by atoms with Crippen LogP contribution < -0.4 is 0 Å². The van der Waals surface area contributed by atoms with Crippen LogP contribution in [0, 0.1) is 0 Å². The van der Waals surface area contributed by atoms with Crippen LogP contribution in [0.2, 0.25) is 5.02 Å². The third-order valence-electron chi connectivity index (χ3n) is 4.30. The minimum Gasteiger partial charge on any atom is -0.463 e. The fourth-order valence-electron chi connectivity index (χ4n) is 3.12. The van der Waals surface area contributed by atoms with Gasteiger partial charge in [0.2, 0.25) is 0 Å². The van der Waals surface area contributed by atoms with Gasteiger partial charge in [-0.05, 0) is 37.6 Å². The van der Waals surface area contributed by atoms with Crippen molar-refractivity contribution in [3.63, 3.8) is 0 Å². The molecule has 0 N–H and O–H groups in total. The first-order chi connectivity index (χ1) is 13.6. The maximum Gasteiger partial charge on any atom is 0.330 e. The molecule has 0 saturated carbocycles. The summed E-state index contributed by atoms with van der Waals surface area (Å²) >= 11 is 6.20. The first-order valence-electron chi connectivity index (χ1n) is 9.07. The van der Waals surface area contributed by atoms with Gasteiger partial charge < -0.3 is 9.47 Å². The number of carbonyl (C=O) groups is 1. The van der Waals surface area contributed by atoms with Gasteiger partial charge in [-0.25, -0.2) is 9.31 Å². The van der Waals surface area contributed by atoms with E-state index in [9.17, 15) is 4.79 Å². The number of fused-ring (bicyclic) bond motifs is 1. The van der Waals surface area contributed by atoms with Gasteiger partial charge in [-0.15, -0.1) is 0 Å². The van der Waals surface area contributed by atoms with Crippen molar-refractivity contribution in [3.05, 3.63) is 58.6 Å². The quantitative estimate of drug-likeness (QED) is 0.437. The number of carbonyl (C=O) groups excluding carboxylic acids is 1. The van der Waals surface area contributed by atoms with E-state index in [1.165, 1.54) is 6.08 Å². The molecular formula is C21H22ClN3O3. The average molecular weight is 400 g/mol. The molecule has 3 aromatic heterocycles. The molecule has 3 heterocycles. The van der Waals surface area contributed by atoms with E-state index in [4.69, 9.17) is 26.2 Å². The number of hydrogen-bond acceptors (Lipinski definition) is 5. The van der Waals surface area contributed by atoms with E-state index in [1.54, 1.807) is 32.5 Å². The first kappa shape index (κ1) is 20.0. The Hall–Kier alpha value is -2.70. The molecule has 0 aliphatic rings. The van der Waals surface area contributed by atoms with Crippen molar-refractivity contribution in [1.82, 2.24) is 14.6 Å². The normalized spacial score (nSPS) is 11.4. The lowest BCUT2D eigenvalue weighted by Gasteiger charge is -2.15. The Kier molecular flexibility index (Phi) is 6.44. The van der Waals surface area contributed by atoms with Crippen LogP contribution in [0.1, 0.15) is 30.8 Å². The van der Waals surface area contributed by atoms with Crippen molar-refractivity contribution in [1.29, 1.82) is 0 Å². The van der Waals surface area contributed by atoms with Gasteiger partial charge in [0.05, 0.1) is 29.4 Å². The standard InChI is InChI=1S/C21H22ClN3O3/c1-4-16-6-8-19-21(14-10-15(22)12-23-11-14)17(7-9-20(26)28-5-2)18(13-27-3)24-25(16)19/h6-12H,4-5,13H2,1-3H3/b9-7+. The zero-order valence-electron chi connectivity index (χ0n) is 16.1. The van der Waals surface area contributed by atoms with E-state index in [2.05, 4.69) is 11.9 Å². The molecule has 0 atom stereocenters. The van der Waals surface area contributed by atoms with E-state index in [-0.39, 0.29) is 0 Å². The van der Waals surface area contributed by atoms with E-state index < -0.39 is 5.97 Å². The summed E-state index contributed by atoms with van der Waals surface area (Å²) in [4.78, 5) is 16.1. The molecule has 146 valence electrons. The largest absolute Gasteiger partial charge is 0.463 e. The van der Waals surface area contributed by atoms with Gasteiger partial charge in [0, 0.05) is 48.0 Å². The van der Waals surface area contributed by atoms with Crippen LogP contribution in [0.5, 0.6) is 0 Å². The fourth-order valence-corrected chi connectivity index (χ4v) is 3.29. The number of ether oxygens (including phenoxy) is 2. The Bertz CT molecular complexity index is 1030. The molecule has 0 radical (unpaired) electrons. The lowest BCUT2D eigenvalue weighted by atomic mass is 9.99. The van der Waals surface area contributed by atoms with Gasteiger partial charge >= 0.3 is 5.97 Å². The molecule has 0 aliphatic heterocycles. The molecule has 6 nitrogen and oxygen atoms in total.